The molecule has 7 nitrogen and oxygen atoms in total. The van der Waals surface area contributed by atoms with E-state index in [1.165, 1.54) is 4.90 Å². The van der Waals surface area contributed by atoms with Crippen molar-refractivity contribution in [2.24, 2.45) is 0 Å². The van der Waals surface area contributed by atoms with Crippen LogP contribution in [0.4, 0.5) is 5.82 Å². The van der Waals surface area contributed by atoms with Gasteiger partial charge in [-0.25, -0.2) is 4.63 Å². The van der Waals surface area contributed by atoms with Crippen LogP contribution in [0.3, 0.4) is 0 Å². The third-order valence-corrected chi connectivity index (χ3v) is 2.56. The molecule has 0 aromatic carbocycles. The van der Waals surface area contributed by atoms with E-state index >= 15 is 0 Å². The van der Waals surface area contributed by atoms with Gasteiger partial charge in [-0.05, 0) is 23.2 Å². The Hall–Kier alpha value is -1.63. The average Bonchev–Trinajstić information content (AvgIpc) is 2.88. The Kier molecular flexibility index (Phi) is 3.04. The van der Waals surface area contributed by atoms with E-state index in [9.17, 15) is 4.79 Å². The van der Waals surface area contributed by atoms with Crippen molar-refractivity contribution in [3.63, 3.8) is 0 Å². The van der Waals surface area contributed by atoms with Gasteiger partial charge in [0, 0.05) is 20.2 Å². The van der Waals surface area contributed by atoms with Crippen molar-refractivity contribution in [1.82, 2.24) is 15.2 Å². The number of nitrogen functional groups attached to an aromatic ring is 1. The predicted octanol–water partition coefficient (Wildman–Crippen LogP) is -0.0972. The van der Waals surface area contributed by atoms with Crippen LogP contribution in [0.1, 0.15) is 23.3 Å². The molecule has 0 spiro atoms. The molecule has 1 amide bonds. The lowest BCUT2D eigenvalue weighted by Crippen LogP contribution is -2.34. The summed E-state index contributed by atoms with van der Waals surface area (Å²) in [5.41, 5.74) is 5.50. The molecule has 16 heavy (non-hydrogen) atoms. The molecule has 1 atom stereocenters. The molecule has 1 fully saturated rings. The number of aromatic nitrogens is 2. The van der Waals surface area contributed by atoms with Crippen molar-refractivity contribution in [3.05, 3.63) is 5.69 Å². The van der Waals surface area contributed by atoms with Crippen molar-refractivity contribution in [3.8, 4) is 0 Å². The summed E-state index contributed by atoms with van der Waals surface area (Å²) in [4.78, 5) is 13.4. The minimum Gasteiger partial charge on any atom is -0.379 e. The van der Waals surface area contributed by atoms with Crippen LogP contribution in [0, 0.1) is 0 Å². The molecule has 1 aromatic rings. The first kappa shape index (κ1) is 10.9. The highest BCUT2D eigenvalue weighted by Crippen LogP contribution is 2.14. The first-order valence-corrected chi connectivity index (χ1v) is 5.13. The largest absolute Gasteiger partial charge is 0.379 e. The van der Waals surface area contributed by atoms with Crippen molar-refractivity contribution < 1.29 is 14.2 Å². The van der Waals surface area contributed by atoms with Gasteiger partial charge in [-0.15, -0.1) is 0 Å². The van der Waals surface area contributed by atoms with Crippen molar-refractivity contribution in [2.75, 3.05) is 25.9 Å². The summed E-state index contributed by atoms with van der Waals surface area (Å²) in [6.07, 6.45) is 2.12. The molecule has 1 aliphatic rings. The van der Waals surface area contributed by atoms with Gasteiger partial charge in [-0.3, -0.25) is 4.79 Å². The molecule has 1 saturated heterocycles. The van der Waals surface area contributed by atoms with Gasteiger partial charge < -0.3 is 15.4 Å². The summed E-state index contributed by atoms with van der Waals surface area (Å²) in [6, 6.07) is 0. The monoisotopic (exact) mass is 226 g/mol. The molecule has 0 saturated carbocycles. The molecule has 0 aliphatic carbocycles. The predicted molar refractivity (Wildman–Crippen MR) is 54.6 cm³/mol. The van der Waals surface area contributed by atoms with Crippen LogP contribution in [-0.4, -0.2) is 47.4 Å². The minimum absolute atomic E-state index is 0.0178. The van der Waals surface area contributed by atoms with Crippen LogP contribution < -0.4 is 5.73 Å². The Labute approximate surface area is 92.5 Å². The Balaban J connectivity index is 1.96. The first-order valence-electron chi connectivity index (χ1n) is 5.13. The number of nitrogens with two attached hydrogens (primary N) is 1. The number of anilines is 1. The van der Waals surface area contributed by atoms with Gasteiger partial charge in [0.2, 0.25) is 11.5 Å². The van der Waals surface area contributed by atoms with Gasteiger partial charge in [0.25, 0.3) is 5.91 Å². The Morgan fingerprint density at radius 3 is 3.00 bits per heavy atom. The Morgan fingerprint density at radius 1 is 1.62 bits per heavy atom. The maximum absolute atomic E-state index is 11.8. The second-order valence-corrected chi connectivity index (χ2v) is 3.82. The number of ether oxygens (including phenoxy) is 1. The SMILES string of the molecule is CN(CC1CCCO1)C(=O)c1nonc1N. The molecule has 2 heterocycles. The maximum Gasteiger partial charge on any atom is 0.279 e. The number of carbonyl (C=O) groups excluding carboxylic acids is 1. The molecule has 2 N–H and O–H groups in total. The number of nitrogens with zero attached hydrogens (tertiary/aromatic N) is 3. The van der Waals surface area contributed by atoms with E-state index < -0.39 is 0 Å². The number of hydrogen-bond acceptors (Lipinski definition) is 6. The fourth-order valence-electron chi connectivity index (χ4n) is 1.70. The molecule has 1 aliphatic heterocycles. The molecule has 88 valence electrons. The zero-order valence-corrected chi connectivity index (χ0v) is 9.05. The molecule has 1 aromatic heterocycles. The van der Waals surface area contributed by atoms with E-state index in [2.05, 4.69) is 14.9 Å². The summed E-state index contributed by atoms with van der Waals surface area (Å²) in [5, 5.41) is 6.83. The number of carbonyl (C=O) groups is 1. The van der Waals surface area contributed by atoms with Crippen LogP contribution in [0.2, 0.25) is 0 Å². The maximum atomic E-state index is 11.8. The summed E-state index contributed by atoms with van der Waals surface area (Å²) in [7, 11) is 1.68. The van der Waals surface area contributed by atoms with E-state index in [1.54, 1.807) is 7.05 Å². The molecule has 7 heteroatoms. The smallest absolute Gasteiger partial charge is 0.279 e. The minimum atomic E-state index is -0.297. The highest BCUT2D eigenvalue weighted by atomic mass is 16.6. The first-order chi connectivity index (χ1) is 7.68. The topological polar surface area (TPSA) is 94.5 Å². The van der Waals surface area contributed by atoms with Crippen molar-refractivity contribution in [2.45, 2.75) is 18.9 Å². The molecule has 2 rings (SSSR count). The molecule has 0 bridgehead atoms. The summed E-state index contributed by atoms with van der Waals surface area (Å²) < 4.78 is 9.82. The number of amides is 1. The fourth-order valence-corrected chi connectivity index (χ4v) is 1.70. The van der Waals surface area contributed by atoms with E-state index in [0.717, 1.165) is 19.4 Å². The standard InChI is InChI=1S/C9H14N4O3/c1-13(5-6-3-2-4-15-6)9(14)7-8(10)12-16-11-7/h6H,2-5H2,1H3,(H2,10,12). The van der Waals surface area contributed by atoms with Gasteiger partial charge in [0.05, 0.1) is 6.10 Å². The lowest BCUT2D eigenvalue weighted by atomic mass is 10.2. The van der Waals surface area contributed by atoms with Gasteiger partial charge in [0.1, 0.15) is 0 Å². The molecular weight excluding hydrogens is 212 g/mol. The summed E-state index contributed by atoms with van der Waals surface area (Å²) in [5.74, 6) is -0.279. The highest BCUT2D eigenvalue weighted by molar-refractivity contribution is 5.95. The Morgan fingerprint density at radius 2 is 2.44 bits per heavy atom. The third-order valence-electron chi connectivity index (χ3n) is 2.56. The van der Waals surface area contributed by atoms with Crippen LogP contribution in [-0.2, 0) is 4.74 Å². The van der Waals surface area contributed by atoms with Gasteiger partial charge >= 0.3 is 0 Å². The Bertz CT molecular complexity index is 373. The third kappa shape index (κ3) is 2.13. The number of hydrogen-bond donors (Lipinski definition) is 1. The van der Waals surface area contributed by atoms with E-state index in [0.29, 0.717) is 6.54 Å². The van der Waals surface area contributed by atoms with Gasteiger partial charge in [-0.1, -0.05) is 0 Å². The van der Waals surface area contributed by atoms with Crippen LogP contribution in [0.5, 0.6) is 0 Å². The second-order valence-electron chi connectivity index (χ2n) is 3.82. The second kappa shape index (κ2) is 4.48. The number of likely N-dealkylation sites (N-methyl/N-ethyl adjacent to an activating group) is 1. The lowest BCUT2D eigenvalue weighted by Gasteiger charge is -2.19. The zero-order chi connectivity index (χ0) is 11.5. The quantitative estimate of drug-likeness (QED) is 0.773. The van der Waals surface area contributed by atoms with Crippen molar-refractivity contribution >= 4 is 11.7 Å². The normalized spacial score (nSPS) is 19.9. The number of rotatable bonds is 3. The van der Waals surface area contributed by atoms with Crippen molar-refractivity contribution in [1.29, 1.82) is 0 Å². The van der Waals surface area contributed by atoms with E-state index in [4.69, 9.17) is 10.5 Å². The lowest BCUT2D eigenvalue weighted by molar-refractivity contribution is 0.0579. The summed E-state index contributed by atoms with van der Waals surface area (Å²) >= 11 is 0. The zero-order valence-electron chi connectivity index (χ0n) is 9.05. The van der Waals surface area contributed by atoms with E-state index in [-0.39, 0.29) is 23.5 Å². The molecule has 1 unspecified atom stereocenters. The van der Waals surface area contributed by atoms with Gasteiger partial charge in [-0.2, -0.15) is 0 Å². The molecular formula is C9H14N4O3. The van der Waals surface area contributed by atoms with Crippen LogP contribution in [0.25, 0.3) is 0 Å². The van der Waals surface area contributed by atoms with Gasteiger partial charge in [0.15, 0.2) is 0 Å². The average molecular weight is 226 g/mol. The fraction of sp³-hybridized carbons (Fsp3) is 0.667. The van der Waals surface area contributed by atoms with Crippen LogP contribution in [0.15, 0.2) is 4.63 Å². The van der Waals surface area contributed by atoms with E-state index in [1.807, 2.05) is 0 Å². The molecule has 0 radical (unpaired) electrons. The van der Waals surface area contributed by atoms with Crippen LogP contribution >= 0.6 is 0 Å². The summed E-state index contributed by atoms with van der Waals surface area (Å²) in [6.45, 7) is 1.30. The highest BCUT2D eigenvalue weighted by Gasteiger charge is 2.24.